The van der Waals surface area contributed by atoms with Crippen LogP contribution in [0.3, 0.4) is 0 Å². The maximum Gasteiger partial charge on any atom is 0.322 e. The second-order valence-corrected chi connectivity index (χ2v) is 5.56. The molecule has 0 saturated carbocycles. The molecule has 1 heterocycles. The zero-order valence-corrected chi connectivity index (χ0v) is 12.3. The maximum absolute atomic E-state index is 12.2. The topological polar surface area (TPSA) is 41.6 Å². The fraction of sp³-hybridized carbons (Fsp3) is 0.462. The number of hydrogen-bond donors (Lipinski definition) is 1. The largest absolute Gasteiger partial charge is 0.372 e. The number of nitrogens with zero attached hydrogens (tertiary/aromatic N) is 1. The molecule has 1 aromatic carbocycles. The van der Waals surface area contributed by atoms with Gasteiger partial charge in [-0.05, 0) is 32.0 Å². The van der Waals surface area contributed by atoms with E-state index in [2.05, 4.69) is 5.32 Å². The smallest absolute Gasteiger partial charge is 0.322 e. The number of anilines is 1. The molecule has 0 spiro atoms. The van der Waals surface area contributed by atoms with E-state index < -0.39 is 0 Å². The van der Waals surface area contributed by atoms with E-state index in [1.165, 1.54) is 0 Å². The van der Waals surface area contributed by atoms with Crippen molar-refractivity contribution in [1.29, 1.82) is 0 Å². The number of carbonyl (C=O) groups excluding carboxylic acids is 1. The third-order valence-corrected chi connectivity index (χ3v) is 3.44. The van der Waals surface area contributed by atoms with Crippen LogP contribution in [0, 0.1) is 0 Å². The van der Waals surface area contributed by atoms with E-state index in [1.807, 2.05) is 13.8 Å². The summed E-state index contributed by atoms with van der Waals surface area (Å²) >= 11 is 11.9. The van der Waals surface area contributed by atoms with Crippen molar-refractivity contribution in [3.63, 3.8) is 0 Å². The lowest BCUT2D eigenvalue weighted by molar-refractivity contribution is -0.0530. The number of urea groups is 1. The molecule has 1 fully saturated rings. The van der Waals surface area contributed by atoms with Crippen LogP contribution in [0.4, 0.5) is 10.5 Å². The van der Waals surface area contributed by atoms with Crippen molar-refractivity contribution in [2.75, 3.05) is 18.4 Å². The van der Waals surface area contributed by atoms with Crippen LogP contribution < -0.4 is 5.32 Å². The molecule has 0 bridgehead atoms. The van der Waals surface area contributed by atoms with Crippen molar-refractivity contribution in [2.24, 2.45) is 0 Å². The molecule has 1 aromatic rings. The van der Waals surface area contributed by atoms with Crippen molar-refractivity contribution < 1.29 is 9.53 Å². The van der Waals surface area contributed by atoms with Gasteiger partial charge >= 0.3 is 6.03 Å². The highest BCUT2D eigenvalue weighted by molar-refractivity contribution is 6.35. The molecule has 1 saturated heterocycles. The average molecular weight is 303 g/mol. The number of hydrogen-bond acceptors (Lipinski definition) is 2. The van der Waals surface area contributed by atoms with E-state index in [-0.39, 0.29) is 18.2 Å². The van der Waals surface area contributed by atoms with Crippen LogP contribution >= 0.6 is 23.2 Å². The van der Waals surface area contributed by atoms with Gasteiger partial charge in [0.15, 0.2) is 0 Å². The molecule has 104 valence electrons. The summed E-state index contributed by atoms with van der Waals surface area (Å²) in [6.45, 7) is 5.02. The Morgan fingerprint density at radius 3 is 2.58 bits per heavy atom. The first kappa shape index (κ1) is 14.4. The summed E-state index contributed by atoms with van der Waals surface area (Å²) in [5.74, 6) is 0. The zero-order valence-electron chi connectivity index (χ0n) is 10.8. The first-order valence-electron chi connectivity index (χ1n) is 6.12. The summed E-state index contributed by atoms with van der Waals surface area (Å²) in [6, 6.07) is 4.78. The molecule has 4 nitrogen and oxygen atoms in total. The third kappa shape index (κ3) is 3.75. The first-order valence-corrected chi connectivity index (χ1v) is 6.87. The lowest BCUT2D eigenvalue weighted by Gasteiger charge is -2.35. The molecule has 2 unspecified atom stereocenters. The highest BCUT2D eigenvalue weighted by atomic mass is 35.5. The minimum absolute atomic E-state index is 0.0318. The summed E-state index contributed by atoms with van der Waals surface area (Å²) in [5.41, 5.74) is 0.519. The molecule has 1 aliphatic rings. The van der Waals surface area contributed by atoms with E-state index >= 15 is 0 Å². The maximum atomic E-state index is 12.2. The molecule has 2 rings (SSSR count). The number of rotatable bonds is 1. The van der Waals surface area contributed by atoms with Gasteiger partial charge in [0.05, 0.1) is 22.9 Å². The summed E-state index contributed by atoms with van der Waals surface area (Å²) in [6.07, 6.45) is 0.0636. The normalized spacial score (nSPS) is 23.3. The van der Waals surface area contributed by atoms with Crippen LogP contribution in [0.2, 0.25) is 10.0 Å². The monoisotopic (exact) mass is 302 g/mol. The van der Waals surface area contributed by atoms with Gasteiger partial charge in [-0.1, -0.05) is 23.2 Å². The summed E-state index contributed by atoms with van der Waals surface area (Å²) < 4.78 is 5.59. The fourth-order valence-corrected chi connectivity index (χ4v) is 2.47. The van der Waals surface area contributed by atoms with Crippen molar-refractivity contribution in [3.8, 4) is 0 Å². The quantitative estimate of drug-likeness (QED) is 0.860. The summed E-state index contributed by atoms with van der Waals surface area (Å²) in [4.78, 5) is 13.9. The third-order valence-electron chi connectivity index (χ3n) is 2.88. The van der Waals surface area contributed by atoms with Gasteiger partial charge in [0, 0.05) is 18.1 Å². The minimum atomic E-state index is -0.189. The van der Waals surface area contributed by atoms with E-state index in [0.717, 1.165) is 0 Å². The second kappa shape index (κ2) is 5.99. The summed E-state index contributed by atoms with van der Waals surface area (Å²) in [5, 5.41) is 3.77. The molecule has 6 heteroatoms. The van der Waals surface area contributed by atoms with E-state index in [1.54, 1.807) is 23.1 Å². The fourth-order valence-electron chi connectivity index (χ4n) is 2.13. The Morgan fingerprint density at radius 1 is 1.32 bits per heavy atom. The Labute approximate surface area is 122 Å². The van der Waals surface area contributed by atoms with Gasteiger partial charge in [0.25, 0.3) is 0 Å². The molecule has 0 aromatic heterocycles. The Kier molecular flexibility index (Phi) is 4.55. The number of benzene rings is 1. The average Bonchev–Trinajstić information content (AvgIpc) is 2.32. The molecule has 0 radical (unpaired) electrons. The van der Waals surface area contributed by atoms with Crippen molar-refractivity contribution in [3.05, 3.63) is 28.2 Å². The lowest BCUT2D eigenvalue weighted by atomic mass is 10.2. The number of nitrogens with one attached hydrogen (secondary N) is 1. The minimum Gasteiger partial charge on any atom is -0.372 e. The predicted molar refractivity (Wildman–Crippen MR) is 77.1 cm³/mol. The zero-order chi connectivity index (χ0) is 14.0. The summed E-state index contributed by atoms with van der Waals surface area (Å²) in [7, 11) is 0. The molecule has 2 amide bonds. The van der Waals surface area contributed by atoms with Gasteiger partial charge in [-0.15, -0.1) is 0 Å². The lowest BCUT2D eigenvalue weighted by Crippen LogP contribution is -2.49. The van der Waals surface area contributed by atoms with Gasteiger partial charge in [-0.3, -0.25) is 0 Å². The van der Waals surface area contributed by atoms with Gasteiger partial charge in [-0.25, -0.2) is 4.79 Å². The molecular weight excluding hydrogens is 287 g/mol. The van der Waals surface area contributed by atoms with Gasteiger partial charge < -0.3 is 15.0 Å². The van der Waals surface area contributed by atoms with Gasteiger partial charge in [-0.2, -0.15) is 0 Å². The Balaban J connectivity index is 2.06. The van der Waals surface area contributed by atoms with Crippen LogP contribution in [0.1, 0.15) is 13.8 Å². The number of halogens is 2. The van der Waals surface area contributed by atoms with Crippen molar-refractivity contribution in [1.82, 2.24) is 4.90 Å². The predicted octanol–water partition coefficient (Wildman–Crippen LogP) is 3.63. The van der Waals surface area contributed by atoms with E-state index in [0.29, 0.717) is 28.8 Å². The molecule has 1 N–H and O–H groups in total. The number of amides is 2. The van der Waals surface area contributed by atoms with Gasteiger partial charge in [0.1, 0.15) is 0 Å². The van der Waals surface area contributed by atoms with Crippen molar-refractivity contribution in [2.45, 2.75) is 26.1 Å². The molecule has 19 heavy (non-hydrogen) atoms. The van der Waals surface area contributed by atoms with Crippen LogP contribution in [-0.2, 0) is 4.74 Å². The van der Waals surface area contributed by atoms with Gasteiger partial charge in [0.2, 0.25) is 0 Å². The number of ether oxygens (including phenoxy) is 1. The number of carbonyl (C=O) groups is 1. The van der Waals surface area contributed by atoms with Crippen LogP contribution in [-0.4, -0.2) is 36.2 Å². The molecule has 0 aliphatic carbocycles. The second-order valence-electron chi connectivity index (χ2n) is 4.72. The Bertz CT molecular complexity index is 472. The Hall–Kier alpha value is -0.970. The van der Waals surface area contributed by atoms with E-state index in [4.69, 9.17) is 27.9 Å². The molecule has 2 atom stereocenters. The highest BCUT2D eigenvalue weighted by Crippen LogP contribution is 2.26. The molecule has 1 aliphatic heterocycles. The first-order chi connectivity index (χ1) is 8.95. The van der Waals surface area contributed by atoms with Crippen LogP contribution in [0.5, 0.6) is 0 Å². The van der Waals surface area contributed by atoms with Crippen molar-refractivity contribution >= 4 is 34.9 Å². The highest BCUT2D eigenvalue weighted by Gasteiger charge is 2.26. The SMILES string of the molecule is CC1CN(C(=O)Nc2cc(Cl)ccc2Cl)CC(C)O1. The Morgan fingerprint density at radius 2 is 1.95 bits per heavy atom. The standard InChI is InChI=1S/C13H16Cl2N2O2/c1-8-6-17(7-9(2)19-8)13(18)16-12-5-10(14)3-4-11(12)15/h3-5,8-9H,6-7H2,1-2H3,(H,16,18). The van der Waals surface area contributed by atoms with Crippen LogP contribution in [0.15, 0.2) is 18.2 Å². The van der Waals surface area contributed by atoms with E-state index in [9.17, 15) is 4.79 Å². The molecular formula is C13H16Cl2N2O2. The van der Waals surface area contributed by atoms with Crippen LogP contribution in [0.25, 0.3) is 0 Å². The number of morpholine rings is 1.